The maximum atomic E-state index is 12.3. The van der Waals surface area contributed by atoms with Gasteiger partial charge in [-0.25, -0.2) is 4.79 Å². The number of alkyl carbamates (subject to hydrolysis) is 1. The lowest BCUT2D eigenvalue weighted by molar-refractivity contribution is -0.138. The van der Waals surface area contributed by atoms with E-state index in [0.29, 0.717) is 25.8 Å². The second-order valence-corrected chi connectivity index (χ2v) is 9.63. The van der Waals surface area contributed by atoms with Crippen molar-refractivity contribution in [2.45, 2.75) is 45.4 Å². The second-order valence-electron chi connectivity index (χ2n) is 9.63. The van der Waals surface area contributed by atoms with Crippen LogP contribution in [0.5, 0.6) is 0 Å². The largest absolute Gasteiger partial charge is 0.481 e. The Kier molecular flexibility index (Phi) is 8.31. The van der Waals surface area contributed by atoms with Crippen molar-refractivity contribution in [3.05, 3.63) is 59.7 Å². The van der Waals surface area contributed by atoms with E-state index in [2.05, 4.69) is 43.4 Å². The van der Waals surface area contributed by atoms with Gasteiger partial charge in [-0.05, 0) is 40.5 Å². The molecule has 0 aliphatic heterocycles. The number of fused-ring (bicyclic) bond motifs is 3. The minimum atomic E-state index is -0.917. The summed E-state index contributed by atoms with van der Waals surface area (Å²) in [4.78, 5) is 36.7. The third-order valence-corrected chi connectivity index (χ3v) is 6.52. The standard InChI is InChI=1S/C27H34N2O5/c1-27(2,14-12-24(30)29(3)17-13-25(31)32)15-16-28-26(33)34-18-23-21-10-6-4-8-19(21)20-9-5-7-11-22(20)23/h4-11,23H,12-18H2,1-3H3,(H,28,33)(H,31,32). The first-order valence-electron chi connectivity index (χ1n) is 11.7. The summed E-state index contributed by atoms with van der Waals surface area (Å²) in [5, 5.41) is 11.6. The van der Waals surface area contributed by atoms with E-state index < -0.39 is 12.1 Å². The fourth-order valence-corrected chi connectivity index (χ4v) is 4.30. The number of carbonyl (C=O) groups is 3. The first-order valence-corrected chi connectivity index (χ1v) is 11.7. The van der Waals surface area contributed by atoms with Gasteiger partial charge in [-0.1, -0.05) is 62.4 Å². The third-order valence-electron chi connectivity index (χ3n) is 6.52. The molecule has 0 heterocycles. The summed E-state index contributed by atoms with van der Waals surface area (Å²) in [5.74, 6) is -0.961. The highest BCUT2D eigenvalue weighted by atomic mass is 16.5. The van der Waals surface area contributed by atoms with Crippen LogP contribution in [0.4, 0.5) is 4.79 Å². The number of amides is 2. The highest BCUT2D eigenvalue weighted by molar-refractivity contribution is 5.79. The first-order chi connectivity index (χ1) is 16.2. The molecule has 0 aromatic heterocycles. The molecule has 34 heavy (non-hydrogen) atoms. The van der Waals surface area contributed by atoms with Gasteiger partial charge in [0.05, 0.1) is 6.42 Å². The van der Waals surface area contributed by atoms with E-state index in [1.54, 1.807) is 7.05 Å². The molecule has 0 saturated heterocycles. The van der Waals surface area contributed by atoms with Gasteiger partial charge in [0, 0.05) is 32.5 Å². The molecule has 2 aromatic rings. The van der Waals surface area contributed by atoms with Crippen LogP contribution in [0.15, 0.2) is 48.5 Å². The maximum absolute atomic E-state index is 12.3. The summed E-state index contributed by atoms with van der Waals surface area (Å²) in [6.45, 7) is 5.04. The van der Waals surface area contributed by atoms with E-state index >= 15 is 0 Å². The van der Waals surface area contributed by atoms with Crippen molar-refractivity contribution in [2.75, 3.05) is 26.7 Å². The highest BCUT2D eigenvalue weighted by Gasteiger charge is 2.29. The van der Waals surface area contributed by atoms with Gasteiger partial charge < -0.3 is 20.1 Å². The second kappa shape index (κ2) is 11.2. The average Bonchev–Trinajstić information content (AvgIpc) is 3.13. The molecular weight excluding hydrogens is 432 g/mol. The van der Waals surface area contributed by atoms with Crippen molar-refractivity contribution < 1.29 is 24.2 Å². The Morgan fingerprint density at radius 2 is 1.56 bits per heavy atom. The Hall–Kier alpha value is -3.35. The SMILES string of the molecule is CN(CCC(=O)O)C(=O)CCC(C)(C)CCNC(=O)OCC1c2ccccc2-c2ccccc21. The van der Waals surface area contributed by atoms with Gasteiger partial charge in [0.1, 0.15) is 6.61 Å². The number of benzene rings is 2. The fraction of sp³-hybridized carbons (Fsp3) is 0.444. The maximum Gasteiger partial charge on any atom is 0.407 e. The van der Waals surface area contributed by atoms with Crippen LogP contribution in [-0.4, -0.2) is 54.7 Å². The van der Waals surface area contributed by atoms with E-state index in [-0.39, 0.29) is 36.8 Å². The molecule has 7 nitrogen and oxygen atoms in total. The molecule has 182 valence electrons. The van der Waals surface area contributed by atoms with Crippen LogP contribution in [0, 0.1) is 5.41 Å². The van der Waals surface area contributed by atoms with Gasteiger partial charge in [-0.15, -0.1) is 0 Å². The average molecular weight is 467 g/mol. The number of rotatable bonds is 11. The number of hydrogen-bond acceptors (Lipinski definition) is 4. The normalized spacial score (nSPS) is 12.6. The van der Waals surface area contributed by atoms with Crippen LogP contribution in [0.1, 0.15) is 56.6 Å². The van der Waals surface area contributed by atoms with Crippen molar-refractivity contribution in [2.24, 2.45) is 5.41 Å². The van der Waals surface area contributed by atoms with Crippen molar-refractivity contribution in [3.63, 3.8) is 0 Å². The lowest BCUT2D eigenvalue weighted by Crippen LogP contribution is -2.32. The Morgan fingerprint density at radius 3 is 2.15 bits per heavy atom. The van der Waals surface area contributed by atoms with Crippen molar-refractivity contribution in [3.8, 4) is 11.1 Å². The van der Waals surface area contributed by atoms with E-state index in [1.807, 2.05) is 24.3 Å². The number of nitrogens with zero attached hydrogens (tertiary/aromatic N) is 1. The van der Waals surface area contributed by atoms with Crippen molar-refractivity contribution in [1.82, 2.24) is 10.2 Å². The Morgan fingerprint density at radius 1 is 0.971 bits per heavy atom. The molecule has 0 saturated carbocycles. The van der Waals surface area contributed by atoms with Crippen LogP contribution >= 0.6 is 0 Å². The Bertz CT molecular complexity index is 988. The van der Waals surface area contributed by atoms with Gasteiger partial charge in [0.15, 0.2) is 0 Å². The molecule has 2 aromatic carbocycles. The highest BCUT2D eigenvalue weighted by Crippen LogP contribution is 2.44. The lowest BCUT2D eigenvalue weighted by atomic mass is 9.84. The molecule has 0 radical (unpaired) electrons. The molecule has 0 spiro atoms. The minimum absolute atomic E-state index is 0.0266. The van der Waals surface area contributed by atoms with Gasteiger partial charge in [-0.3, -0.25) is 9.59 Å². The third kappa shape index (κ3) is 6.59. The minimum Gasteiger partial charge on any atom is -0.481 e. The van der Waals surface area contributed by atoms with E-state index in [1.165, 1.54) is 27.2 Å². The Labute approximate surface area is 201 Å². The van der Waals surface area contributed by atoms with Gasteiger partial charge in [0.2, 0.25) is 5.91 Å². The topological polar surface area (TPSA) is 95.9 Å². The molecule has 0 fully saturated rings. The number of nitrogens with one attached hydrogen (secondary N) is 1. The zero-order valence-electron chi connectivity index (χ0n) is 20.2. The summed E-state index contributed by atoms with van der Waals surface area (Å²) in [6.07, 6.45) is 1.19. The number of ether oxygens (including phenoxy) is 1. The van der Waals surface area contributed by atoms with E-state index in [0.717, 1.165) is 0 Å². The van der Waals surface area contributed by atoms with Crippen molar-refractivity contribution >= 4 is 18.0 Å². The van der Waals surface area contributed by atoms with E-state index in [9.17, 15) is 14.4 Å². The monoisotopic (exact) mass is 466 g/mol. The first kappa shape index (κ1) is 25.3. The molecule has 3 rings (SSSR count). The summed E-state index contributed by atoms with van der Waals surface area (Å²) in [5.41, 5.74) is 4.58. The summed E-state index contributed by atoms with van der Waals surface area (Å²) < 4.78 is 5.57. The van der Waals surface area contributed by atoms with Crippen LogP contribution in [0.2, 0.25) is 0 Å². The summed E-state index contributed by atoms with van der Waals surface area (Å²) in [6, 6.07) is 16.4. The molecule has 0 atom stereocenters. The molecule has 0 bridgehead atoms. The number of carboxylic acid groups (broad SMARTS) is 1. The van der Waals surface area contributed by atoms with Gasteiger partial charge >= 0.3 is 12.1 Å². The van der Waals surface area contributed by atoms with E-state index in [4.69, 9.17) is 9.84 Å². The predicted molar refractivity (Wildman–Crippen MR) is 131 cm³/mol. The van der Waals surface area contributed by atoms with Crippen LogP contribution in [0.3, 0.4) is 0 Å². The molecule has 0 unspecified atom stereocenters. The van der Waals surface area contributed by atoms with Crippen LogP contribution in [0.25, 0.3) is 11.1 Å². The molecule has 2 amide bonds. The molecular formula is C27H34N2O5. The van der Waals surface area contributed by atoms with Gasteiger partial charge in [-0.2, -0.15) is 0 Å². The molecule has 2 N–H and O–H groups in total. The number of carboxylic acids is 1. The Balaban J connectivity index is 1.42. The fourth-order valence-electron chi connectivity index (χ4n) is 4.30. The number of aliphatic carboxylic acids is 1. The quantitative estimate of drug-likeness (QED) is 0.502. The zero-order chi connectivity index (χ0) is 24.7. The lowest BCUT2D eigenvalue weighted by Gasteiger charge is -2.26. The summed E-state index contributed by atoms with van der Waals surface area (Å²) in [7, 11) is 1.62. The summed E-state index contributed by atoms with van der Waals surface area (Å²) >= 11 is 0. The number of hydrogen-bond donors (Lipinski definition) is 2. The molecule has 7 heteroatoms. The van der Waals surface area contributed by atoms with Crippen molar-refractivity contribution in [1.29, 1.82) is 0 Å². The molecule has 1 aliphatic carbocycles. The molecule has 1 aliphatic rings. The smallest absolute Gasteiger partial charge is 0.407 e. The van der Waals surface area contributed by atoms with Crippen LogP contribution < -0.4 is 5.32 Å². The predicted octanol–water partition coefficient (Wildman–Crippen LogP) is 4.65. The van der Waals surface area contributed by atoms with Gasteiger partial charge in [0.25, 0.3) is 0 Å². The zero-order valence-corrected chi connectivity index (χ0v) is 20.2. The number of carbonyl (C=O) groups excluding carboxylic acids is 2. The van der Waals surface area contributed by atoms with Crippen LogP contribution in [-0.2, 0) is 14.3 Å².